The molecule has 1 amide bonds. The number of halogens is 1. The topological polar surface area (TPSA) is 29.4 Å². The molecule has 2 aromatic carbocycles. The van der Waals surface area contributed by atoms with Crippen LogP contribution in [0.25, 0.3) is 0 Å². The lowest BCUT2D eigenvalue weighted by atomic mass is 9.94. The van der Waals surface area contributed by atoms with Gasteiger partial charge in [-0.2, -0.15) is 0 Å². The number of aryl methyl sites for hydroxylation is 1. The molecule has 2 nitrogen and oxygen atoms in total. The van der Waals surface area contributed by atoms with E-state index in [1.807, 2.05) is 49.4 Å². The van der Waals surface area contributed by atoms with Gasteiger partial charge in [0.25, 0.3) is 5.91 Å². The van der Waals surface area contributed by atoms with E-state index in [1.165, 1.54) is 0 Å². The molecular weight excluding hydrogens is 258 g/mol. The van der Waals surface area contributed by atoms with Gasteiger partial charge in [-0.05, 0) is 24.1 Å². The zero-order chi connectivity index (χ0) is 13.4. The number of alkyl halides is 1. The summed E-state index contributed by atoms with van der Waals surface area (Å²) in [6, 6.07) is 15.2. The minimum atomic E-state index is -0.378. The Morgan fingerprint density at radius 3 is 2.47 bits per heavy atom. The lowest BCUT2D eigenvalue weighted by molar-refractivity contribution is 0.1000. The summed E-state index contributed by atoms with van der Waals surface area (Å²) in [6.45, 7) is 2.02. The van der Waals surface area contributed by atoms with Gasteiger partial charge in [-0.15, -0.1) is 11.6 Å². The molecular formula is C16H12ClNO. The Morgan fingerprint density at radius 1 is 1.05 bits per heavy atom. The normalized spacial score (nSPS) is 17.9. The van der Waals surface area contributed by atoms with Crippen molar-refractivity contribution in [2.75, 3.05) is 0 Å². The molecule has 0 saturated carbocycles. The second kappa shape index (κ2) is 4.63. The number of benzene rings is 2. The van der Waals surface area contributed by atoms with Crippen molar-refractivity contribution in [3.05, 3.63) is 70.8 Å². The highest BCUT2D eigenvalue weighted by Crippen LogP contribution is 2.32. The van der Waals surface area contributed by atoms with Crippen LogP contribution in [0, 0.1) is 6.92 Å². The van der Waals surface area contributed by atoms with Crippen molar-refractivity contribution in [3.63, 3.8) is 0 Å². The van der Waals surface area contributed by atoms with Gasteiger partial charge in [0.05, 0.1) is 5.71 Å². The zero-order valence-corrected chi connectivity index (χ0v) is 11.2. The molecule has 0 aromatic heterocycles. The van der Waals surface area contributed by atoms with Crippen LogP contribution in [-0.4, -0.2) is 11.6 Å². The summed E-state index contributed by atoms with van der Waals surface area (Å²) in [5.41, 5.74) is 4.12. The molecule has 2 aromatic rings. The van der Waals surface area contributed by atoms with Crippen molar-refractivity contribution in [2.45, 2.75) is 12.3 Å². The van der Waals surface area contributed by atoms with Crippen LogP contribution in [-0.2, 0) is 0 Å². The quantitative estimate of drug-likeness (QED) is 0.722. The smallest absolute Gasteiger partial charge is 0.267 e. The van der Waals surface area contributed by atoms with E-state index in [0.717, 1.165) is 16.7 Å². The molecule has 0 saturated heterocycles. The lowest BCUT2D eigenvalue weighted by Gasteiger charge is -2.20. The molecule has 1 unspecified atom stereocenters. The minimum absolute atomic E-state index is 0.219. The molecule has 0 fully saturated rings. The highest BCUT2D eigenvalue weighted by Gasteiger charge is 2.27. The second-order valence-electron chi connectivity index (χ2n) is 4.62. The van der Waals surface area contributed by atoms with Crippen LogP contribution in [0.15, 0.2) is 53.5 Å². The van der Waals surface area contributed by atoms with Gasteiger partial charge in [-0.25, -0.2) is 4.99 Å². The van der Waals surface area contributed by atoms with Gasteiger partial charge in [-0.1, -0.05) is 48.0 Å². The molecule has 0 radical (unpaired) electrons. The van der Waals surface area contributed by atoms with E-state index in [2.05, 4.69) is 4.99 Å². The highest BCUT2D eigenvalue weighted by atomic mass is 35.5. The summed E-state index contributed by atoms with van der Waals surface area (Å²) >= 11 is 6.47. The molecule has 19 heavy (non-hydrogen) atoms. The maximum absolute atomic E-state index is 12.0. The minimum Gasteiger partial charge on any atom is -0.267 e. The standard InChI is InChI=1S/C16H12ClNO/c1-10-6-8-11(9-7-10)15-14(17)12-4-2-3-5-13(12)16(19)18-15/h2-9,14H,1H3. The average Bonchev–Trinajstić information content (AvgIpc) is 2.44. The molecule has 0 bridgehead atoms. The predicted octanol–water partition coefficient (Wildman–Crippen LogP) is 3.92. The first-order valence-electron chi connectivity index (χ1n) is 6.10. The third-order valence-corrected chi connectivity index (χ3v) is 3.72. The molecule has 0 aliphatic carbocycles. The highest BCUT2D eigenvalue weighted by molar-refractivity contribution is 6.38. The van der Waals surface area contributed by atoms with E-state index < -0.39 is 0 Å². The molecule has 3 rings (SSSR count). The lowest BCUT2D eigenvalue weighted by Crippen LogP contribution is -2.19. The molecule has 1 aliphatic rings. The van der Waals surface area contributed by atoms with E-state index in [-0.39, 0.29) is 11.3 Å². The summed E-state index contributed by atoms with van der Waals surface area (Å²) in [7, 11) is 0. The molecule has 1 aliphatic heterocycles. The van der Waals surface area contributed by atoms with Crippen molar-refractivity contribution < 1.29 is 4.79 Å². The summed E-state index contributed by atoms with van der Waals surface area (Å²) in [4.78, 5) is 16.2. The zero-order valence-electron chi connectivity index (χ0n) is 10.4. The number of nitrogens with zero attached hydrogens (tertiary/aromatic N) is 1. The molecule has 94 valence electrons. The van der Waals surface area contributed by atoms with Crippen LogP contribution >= 0.6 is 11.6 Å². The molecule has 1 heterocycles. The average molecular weight is 270 g/mol. The van der Waals surface area contributed by atoms with E-state index in [1.54, 1.807) is 6.07 Å². The molecule has 0 spiro atoms. The monoisotopic (exact) mass is 269 g/mol. The van der Waals surface area contributed by atoms with Gasteiger partial charge in [0.1, 0.15) is 5.38 Å². The fraction of sp³-hybridized carbons (Fsp3) is 0.125. The summed E-state index contributed by atoms with van der Waals surface area (Å²) in [5.74, 6) is -0.219. The van der Waals surface area contributed by atoms with Gasteiger partial charge in [0.2, 0.25) is 0 Å². The van der Waals surface area contributed by atoms with Crippen molar-refractivity contribution >= 4 is 23.2 Å². The maximum atomic E-state index is 12.0. The Kier molecular flexibility index (Phi) is 2.96. The predicted molar refractivity (Wildman–Crippen MR) is 77.1 cm³/mol. The van der Waals surface area contributed by atoms with E-state index in [0.29, 0.717) is 11.3 Å². The van der Waals surface area contributed by atoms with Crippen LogP contribution in [0.4, 0.5) is 0 Å². The number of hydrogen-bond donors (Lipinski definition) is 0. The van der Waals surface area contributed by atoms with Gasteiger partial charge in [-0.3, -0.25) is 4.79 Å². The van der Waals surface area contributed by atoms with Crippen molar-refractivity contribution in [1.29, 1.82) is 0 Å². The van der Waals surface area contributed by atoms with Gasteiger partial charge >= 0.3 is 0 Å². The molecule has 0 N–H and O–H groups in total. The Labute approximate surface area is 116 Å². The number of rotatable bonds is 1. The number of carbonyl (C=O) groups is 1. The summed E-state index contributed by atoms with van der Waals surface area (Å²) in [6.07, 6.45) is 0. The van der Waals surface area contributed by atoms with Crippen molar-refractivity contribution in [2.24, 2.45) is 4.99 Å². The Balaban J connectivity index is 2.10. The summed E-state index contributed by atoms with van der Waals surface area (Å²) in [5, 5.41) is -0.378. The fourth-order valence-corrected chi connectivity index (χ4v) is 2.59. The van der Waals surface area contributed by atoms with Crippen LogP contribution in [0.3, 0.4) is 0 Å². The van der Waals surface area contributed by atoms with Crippen molar-refractivity contribution in [1.82, 2.24) is 0 Å². The molecule has 3 heteroatoms. The fourth-order valence-electron chi connectivity index (χ4n) is 2.22. The van der Waals surface area contributed by atoms with Crippen LogP contribution in [0.1, 0.15) is 32.4 Å². The number of hydrogen-bond acceptors (Lipinski definition) is 1. The van der Waals surface area contributed by atoms with E-state index in [4.69, 9.17) is 11.6 Å². The first-order valence-corrected chi connectivity index (χ1v) is 6.53. The third-order valence-electron chi connectivity index (χ3n) is 3.27. The van der Waals surface area contributed by atoms with Crippen LogP contribution in [0.2, 0.25) is 0 Å². The van der Waals surface area contributed by atoms with Crippen LogP contribution < -0.4 is 0 Å². The van der Waals surface area contributed by atoms with Crippen LogP contribution in [0.5, 0.6) is 0 Å². The first kappa shape index (κ1) is 12.1. The first-order chi connectivity index (χ1) is 9.16. The number of amides is 1. The van der Waals surface area contributed by atoms with Crippen molar-refractivity contribution in [3.8, 4) is 0 Å². The Hall–Kier alpha value is -1.93. The van der Waals surface area contributed by atoms with Gasteiger partial charge in [0.15, 0.2) is 0 Å². The number of carbonyl (C=O) groups excluding carboxylic acids is 1. The number of fused-ring (bicyclic) bond motifs is 1. The maximum Gasteiger partial charge on any atom is 0.277 e. The molecule has 1 atom stereocenters. The largest absolute Gasteiger partial charge is 0.277 e. The Bertz CT molecular complexity index is 673. The van der Waals surface area contributed by atoms with E-state index in [9.17, 15) is 4.79 Å². The van der Waals surface area contributed by atoms with Gasteiger partial charge < -0.3 is 0 Å². The third kappa shape index (κ3) is 2.08. The Morgan fingerprint density at radius 2 is 1.74 bits per heavy atom. The second-order valence-corrected chi connectivity index (χ2v) is 5.05. The summed E-state index contributed by atoms with van der Waals surface area (Å²) < 4.78 is 0. The number of aliphatic imine (C=N–C) groups is 1. The van der Waals surface area contributed by atoms with Gasteiger partial charge in [0, 0.05) is 5.56 Å². The SMILES string of the molecule is Cc1ccc(C2=NC(=O)c3ccccc3C2Cl)cc1. The van der Waals surface area contributed by atoms with E-state index >= 15 is 0 Å².